The number of hydrogen-bond donors (Lipinski definition) is 1. The van der Waals surface area contributed by atoms with Gasteiger partial charge in [-0.25, -0.2) is 9.97 Å². The van der Waals surface area contributed by atoms with Crippen molar-refractivity contribution in [2.75, 3.05) is 18.0 Å². The fourth-order valence-electron chi connectivity index (χ4n) is 3.48. The standard InChI is InChI=1S/C15H24N4/c1-10-6-11(2)13-8-17-15(18-14(13)7-10)19-5-3-4-12(16)9-19/h8,10-12H,3-7,9,16H2,1-2H3. The van der Waals surface area contributed by atoms with Crippen LogP contribution in [-0.2, 0) is 6.42 Å². The lowest BCUT2D eigenvalue weighted by Gasteiger charge is -2.32. The molecule has 2 N–H and O–H groups in total. The summed E-state index contributed by atoms with van der Waals surface area (Å²) in [6, 6.07) is 0.270. The smallest absolute Gasteiger partial charge is 0.225 e. The highest BCUT2D eigenvalue weighted by Crippen LogP contribution is 2.33. The molecule has 0 aromatic carbocycles. The Morgan fingerprint density at radius 3 is 3.00 bits per heavy atom. The summed E-state index contributed by atoms with van der Waals surface area (Å²) >= 11 is 0. The molecule has 1 aliphatic heterocycles. The quantitative estimate of drug-likeness (QED) is 0.840. The van der Waals surface area contributed by atoms with Gasteiger partial charge < -0.3 is 10.6 Å². The van der Waals surface area contributed by atoms with Gasteiger partial charge >= 0.3 is 0 Å². The number of nitrogens with zero attached hydrogens (tertiary/aromatic N) is 3. The molecule has 1 aromatic rings. The molecule has 2 heterocycles. The average Bonchev–Trinajstić information content (AvgIpc) is 2.37. The van der Waals surface area contributed by atoms with Crippen LogP contribution in [0.1, 0.15) is 50.3 Å². The van der Waals surface area contributed by atoms with Crippen LogP contribution in [0.2, 0.25) is 0 Å². The van der Waals surface area contributed by atoms with Gasteiger partial charge in [0.1, 0.15) is 0 Å². The third-order valence-electron chi connectivity index (χ3n) is 4.46. The largest absolute Gasteiger partial charge is 0.339 e. The van der Waals surface area contributed by atoms with E-state index in [9.17, 15) is 0 Å². The summed E-state index contributed by atoms with van der Waals surface area (Å²) in [5, 5.41) is 0. The average molecular weight is 260 g/mol. The van der Waals surface area contributed by atoms with Crippen LogP contribution in [-0.4, -0.2) is 29.1 Å². The third-order valence-corrected chi connectivity index (χ3v) is 4.46. The van der Waals surface area contributed by atoms with Crippen LogP contribution in [0.15, 0.2) is 6.20 Å². The number of fused-ring (bicyclic) bond motifs is 1. The van der Waals surface area contributed by atoms with Crippen molar-refractivity contribution < 1.29 is 0 Å². The van der Waals surface area contributed by atoms with Crippen molar-refractivity contribution in [3.63, 3.8) is 0 Å². The minimum Gasteiger partial charge on any atom is -0.339 e. The number of anilines is 1. The van der Waals surface area contributed by atoms with Crippen molar-refractivity contribution in [2.45, 2.75) is 51.5 Å². The van der Waals surface area contributed by atoms with Crippen LogP contribution in [0.5, 0.6) is 0 Å². The maximum absolute atomic E-state index is 6.05. The predicted molar refractivity (Wildman–Crippen MR) is 77.4 cm³/mol. The Balaban J connectivity index is 1.86. The maximum Gasteiger partial charge on any atom is 0.225 e. The van der Waals surface area contributed by atoms with Crippen LogP contribution < -0.4 is 10.6 Å². The van der Waals surface area contributed by atoms with E-state index in [1.54, 1.807) is 0 Å². The molecule has 3 atom stereocenters. The second-order valence-electron chi connectivity index (χ2n) is 6.37. The van der Waals surface area contributed by atoms with Gasteiger partial charge in [0.25, 0.3) is 0 Å². The first-order chi connectivity index (χ1) is 9.13. The van der Waals surface area contributed by atoms with Crippen molar-refractivity contribution in [3.8, 4) is 0 Å². The van der Waals surface area contributed by atoms with E-state index in [2.05, 4.69) is 23.7 Å². The van der Waals surface area contributed by atoms with Crippen molar-refractivity contribution in [2.24, 2.45) is 11.7 Å². The van der Waals surface area contributed by atoms with Crippen LogP contribution in [0.25, 0.3) is 0 Å². The normalized spacial score (nSPS) is 31.1. The molecule has 0 bridgehead atoms. The van der Waals surface area contributed by atoms with Crippen LogP contribution >= 0.6 is 0 Å². The topological polar surface area (TPSA) is 55.0 Å². The summed E-state index contributed by atoms with van der Waals surface area (Å²) in [4.78, 5) is 11.7. The first-order valence-corrected chi connectivity index (χ1v) is 7.50. The molecular weight excluding hydrogens is 236 g/mol. The van der Waals surface area contributed by atoms with Gasteiger partial charge in [-0.1, -0.05) is 13.8 Å². The van der Waals surface area contributed by atoms with Gasteiger partial charge in [-0.3, -0.25) is 0 Å². The molecule has 0 amide bonds. The molecule has 3 unspecified atom stereocenters. The number of piperidine rings is 1. The van der Waals surface area contributed by atoms with Gasteiger partial charge in [0.05, 0.1) is 0 Å². The Bertz CT molecular complexity index is 459. The van der Waals surface area contributed by atoms with E-state index < -0.39 is 0 Å². The highest BCUT2D eigenvalue weighted by molar-refractivity contribution is 5.36. The second-order valence-corrected chi connectivity index (χ2v) is 6.37. The summed E-state index contributed by atoms with van der Waals surface area (Å²) < 4.78 is 0. The van der Waals surface area contributed by atoms with Gasteiger partial charge in [-0.15, -0.1) is 0 Å². The highest BCUT2D eigenvalue weighted by atomic mass is 15.3. The Morgan fingerprint density at radius 1 is 1.37 bits per heavy atom. The van der Waals surface area contributed by atoms with E-state index >= 15 is 0 Å². The molecule has 0 spiro atoms. The summed E-state index contributed by atoms with van der Waals surface area (Å²) in [7, 11) is 0. The van der Waals surface area contributed by atoms with Crippen LogP contribution in [0, 0.1) is 5.92 Å². The second kappa shape index (κ2) is 5.08. The number of aromatic nitrogens is 2. The zero-order valence-corrected chi connectivity index (χ0v) is 12.0. The molecular formula is C15H24N4. The first-order valence-electron chi connectivity index (χ1n) is 7.50. The number of nitrogens with two attached hydrogens (primary N) is 1. The zero-order chi connectivity index (χ0) is 13.4. The van der Waals surface area contributed by atoms with Crippen LogP contribution in [0.4, 0.5) is 5.95 Å². The van der Waals surface area contributed by atoms with E-state index in [0.717, 1.165) is 44.2 Å². The van der Waals surface area contributed by atoms with Gasteiger partial charge in [-0.05, 0) is 43.1 Å². The monoisotopic (exact) mass is 260 g/mol. The molecule has 1 aromatic heterocycles. The zero-order valence-electron chi connectivity index (χ0n) is 12.0. The van der Waals surface area contributed by atoms with Crippen molar-refractivity contribution in [3.05, 3.63) is 17.5 Å². The molecule has 3 rings (SSSR count). The van der Waals surface area contributed by atoms with Crippen molar-refractivity contribution in [1.82, 2.24) is 9.97 Å². The molecule has 1 saturated heterocycles. The third kappa shape index (κ3) is 2.59. The molecule has 1 fully saturated rings. The summed E-state index contributed by atoms with van der Waals surface area (Å²) in [6.07, 6.45) is 6.66. The van der Waals surface area contributed by atoms with Gasteiger partial charge in [-0.2, -0.15) is 0 Å². The lowest BCUT2D eigenvalue weighted by Crippen LogP contribution is -2.43. The minimum atomic E-state index is 0.270. The van der Waals surface area contributed by atoms with Crippen LogP contribution in [0.3, 0.4) is 0 Å². The molecule has 104 valence electrons. The lowest BCUT2D eigenvalue weighted by molar-refractivity contribution is 0.438. The fraction of sp³-hybridized carbons (Fsp3) is 0.733. The number of rotatable bonds is 1. The fourth-order valence-corrected chi connectivity index (χ4v) is 3.48. The van der Waals surface area contributed by atoms with E-state index in [-0.39, 0.29) is 6.04 Å². The summed E-state index contributed by atoms with van der Waals surface area (Å²) in [5.74, 6) is 2.21. The highest BCUT2D eigenvalue weighted by Gasteiger charge is 2.25. The van der Waals surface area contributed by atoms with Gasteiger partial charge in [0.2, 0.25) is 5.95 Å². The minimum absolute atomic E-state index is 0.270. The van der Waals surface area contributed by atoms with E-state index in [1.807, 2.05) is 6.20 Å². The van der Waals surface area contributed by atoms with E-state index in [4.69, 9.17) is 10.7 Å². The van der Waals surface area contributed by atoms with Gasteiger partial charge in [0.15, 0.2) is 0 Å². The van der Waals surface area contributed by atoms with Gasteiger partial charge in [0, 0.05) is 31.0 Å². The summed E-state index contributed by atoms with van der Waals surface area (Å²) in [6.45, 7) is 6.54. The molecule has 0 saturated carbocycles. The Hall–Kier alpha value is -1.16. The molecule has 19 heavy (non-hydrogen) atoms. The SMILES string of the molecule is CC1Cc2nc(N3CCCC(N)C3)ncc2C(C)C1. The maximum atomic E-state index is 6.05. The Labute approximate surface area is 115 Å². The van der Waals surface area contributed by atoms with E-state index in [0.29, 0.717) is 5.92 Å². The van der Waals surface area contributed by atoms with E-state index in [1.165, 1.54) is 17.7 Å². The number of hydrogen-bond acceptors (Lipinski definition) is 4. The van der Waals surface area contributed by atoms with Crippen molar-refractivity contribution in [1.29, 1.82) is 0 Å². The molecule has 2 aliphatic rings. The first kappa shape index (κ1) is 12.9. The molecule has 4 nitrogen and oxygen atoms in total. The Kier molecular flexibility index (Phi) is 3.44. The molecule has 1 aliphatic carbocycles. The summed E-state index contributed by atoms with van der Waals surface area (Å²) in [5.41, 5.74) is 8.66. The molecule has 0 radical (unpaired) electrons. The Morgan fingerprint density at radius 2 is 2.21 bits per heavy atom. The molecule has 4 heteroatoms. The van der Waals surface area contributed by atoms with Crippen molar-refractivity contribution >= 4 is 5.95 Å². The predicted octanol–water partition coefficient (Wildman–Crippen LogP) is 2.09. The lowest BCUT2D eigenvalue weighted by atomic mass is 9.82.